The maximum absolute atomic E-state index is 12.2. The molecule has 0 aliphatic carbocycles. The third kappa shape index (κ3) is 5.76. The quantitative estimate of drug-likeness (QED) is 0.571. The van der Waals surface area contributed by atoms with E-state index in [4.69, 9.17) is 9.84 Å². The van der Waals surface area contributed by atoms with Crippen molar-refractivity contribution in [3.05, 3.63) is 65.7 Å². The second-order valence-corrected chi connectivity index (χ2v) is 5.22. The van der Waals surface area contributed by atoms with Gasteiger partial charge in [-0.2, -0.15) is 5.10 Å². The minimum atomic E-state index is -0.915. The first kappa shape index (κ1) is 18.2. The number of nitrogens with zero attached hydrogens (tertiary/aromatic N) is 1. The molecule has 6 heteroatoms. The van der Waals surface area contributed by atoms with Crippen molar-refractivity contribution in [1.29, 1.82) is 0 Å². The van der Waals surface area contributed by atoms with E-state index in [2.05, 4.69) is 10.5 Å². The number of amides is 1. The molecule has 2 aromatic rings. The van der Waals surface area contributed by atoms with Crippen molar-refractivity contribution in [3.63, 3.8) is 0 Å². The van der Waals surface area contributed by atoms with Gasteiger partial charge in [0.05, 0.1) is 18.7 Å². The standard InChI is InChI=1S/C19H20N2O4/c1-2-25-16-10-8-15(9-11-16)19(24)21-20-17(12-13-18(22)23)14-6-4-3-5-7-14/h3-11H,2,12-13H2,1H3,(H,21,24)(H,22,23). The summed E-state index contributed by atoms with van der Waals surface area (Å²) >= 11 is 0. The summed E-state index contributed by atoms with van der Waals surface area (Å²) in [5, 5.41) is 13.0. The maximum atomic E-state index is 12.2. The highest BCUT2D eigenvalue weighted by Crippen LogP contribution is 2.12. The Labute approximate surface area is 146 Å². The van der Waals surface area contributed by atoms with Gasteiger partial charge in [-0.3, -0.25) is 9.59 Å². The van der Waals surface area contributed by atoms with Crippen molar-refractivity contribution in [2.75, 3.05) is 6.61 Å². The van der Waals surface area contributed by atoms with Gasteiger partial charge in [0.1, 0.15) is 5.75 Å². The molecule has 0 bridgehead atoms. The van der Waals surface area contributed by atoms with Crippen LogP contribution in [0.1, 0.15) is 35.7 Å². The van der Waals surface area contributed by atoms with Crippen LogP contribution in [0.15, 0.2) is 59.7 Å². The fourth-order valence-electron chi connectivity index (χ4n) is 2.17. The van der Waals surface area contributed by atoms with Gasteiger partial charge in [-0.25, -0.2) is 5.43 Å². The lowest BCUT2D eigenvalue weighted by molar-refractivity contribution is -0.136. The van der Waals surface area contributed by atoms with Gasteiger partial charge in [-0.05, 0) is 36.8 Å². The number of benzene rings is 2. The summed E-state index contributed by atoms with van der Waals surface area (Å²) < 4.78 is 5.34. The van der Waals surface area contributed by atoms with Gasteiger partial charge in [0, 0.05) is 12.0 Å². The molecule has 0 heterocycles. The summed E-state index contributed by atoms with van der Waals surface area (Å²) in [4.78, 5) is 23.0. The number of carbonyl (C=O) groups excluding carboxylic acids is 1. The molecular formula is C19H20N2O4. The molecule has 0 atom stereocenters. The van der Waals surface area contributed by atoms with Crippen molar-refractivity contribution in [2.24, 2.45) is 5.10 Å². The summed E-state index contributed by atoms with van der Waals surface area (Å²) in [6.07, 6.45) is 0.162. The predicted molar refractivity (Wildman–Crippen MR) is 94.9 cm³/mol. The van der Waals surface area contributed by atoms with E-state index in [1.807, 2.05) is 37.3 Å². The van der Waals surface area contributed by atoms with Crippen LogP contribution >= 0.6 is 0 Å². The van der Waals surface area contributed by atoms with Crippen LogP contribution in [0.2, 0.25) is 0 Å². The van der Waals surface area contributed by atoms with Crippen LogP contribution in [0.4, 0.5) is 0 Å². The molecule has 0 spiro atoms. The lowest BCUT2D eigenvalue weighted by atomic mass is 10.1. The molecular weight excluding hydrogens is 320 g/mol. The van der Waals surface area contributed by atoms with E-state index in [1.54, 1.807) is 24.3 Å². The molecule has 0 aliphatic rings. The number of carboxylic acid groups (broad SMARTS) is 1. The van der Waals surface area contributed by atoms with Crippen LogP contribution < -0.4 is 10.2 Å². The monoisotopic (exact) mass is 340 g/mol. The maximum Gasteiger partial charge on any atom is 0.303 e. The van der Waals surface area contributed by atoms with Crippen molar-refractivity contribution in [2.45, 2.75) is 19.8 Å². The highest BCUT2D eigenvalue weighted by Gasteiger charge is 2.09. The molecule has 0 aliphatic heterocycles. The van der Waals surface area contributed by atoms with Crippen LogP contribution in [0.3, 0.4) is 0 Å². The van der Waals surface area contributed by atoms with E-state index < -0.39 is 5.97 Å². The molecule has 0 saturated heterocycles. The topological polar surface area (TPSA) is 88.0 Å². The fourth-order valence-corrected chi connectivity index (χ4v) is 2.17. The number of carboxylic acids is 1. The number of hydrogen-bond donors (Lipinski definition) is 2. The molecule has 2 aromatic carbocycles. The Morgan fingerprint density at radius 3 is 2.28 bits per heavy atom. The van der Waals surface area contributed by atoms with Gasteiger partial charge in [0.15, 0.2) is 0 Å². The summed E-state index contributed by atoms with van der Waals surface area (Å²) in [6, 6.07) is 15.9. The SMILES string of the molecule is CCOc1ccc(C(=O)NN=C(CCC(=O)O)c2ccccc2)cc1. The van der Waals surface area contributed by atoms with Crippen LogP contribution in [-0.4, -0.2) is 29.3 Å². The fraction of sp³-hybridized carbons (Fsp3) is 0.211. The van der Waals surface area contributed by atoms with Crippen LogP contribution in [-0.2, 0) is 4.79 Å². The third-order valence-corrected chi connectivity index (χ3v) is 3.40. The Morgan fingerprint density at radius 2 is 1.68 bits per heavy atom. The first-order valence-corrected chi connectivity index (χ1v) is 7.97. The first-order valence-electron chi connectivity index (χ1n) is 7.97. The smallest absolute Gasteiger partial charge is 0.303 e. The minimum Gasteiger partial charge on any atom is -0.494 e. The van der Waals surface area contributed by atoms with Gasteiger partial charge < -0.3 is 9.84 Å². The van der Waals surface area contributed by atoms with Gasteiger partial charge in [0.25, 0.3) is 5.91 Å². The molecule has 25 heavy (non-hydrogen) atoms. The predicted octanol–water partition coefficient (Wildman–Crippen LogP) is 3.08. The van der Waals surface area contributed by atoms with E-state index in [-0.39, 0.29) is 18.7 Å². The van der Waals surface area contributed by atoms with Crippen molar-refractivity contribution in [3.8, 4) is 5.75 Å². The number of hydrazone groups is 1. The van der Waals surface area contributed by atoms with Crippen LogP contribution in [0.25, 0.3) is 0 Å². The lowest BCUT2D eigenvalue weighted by Crippen LogP contribution is -2.20. The number of aliphatic carboxylic acids is 1. The number of nitrogens with one attached hydrogen (secondary N) is 1. The van der Waals surface area contributed by atoms with Crippen molar-refractivity contribution in [1.82, 2.24) is 5.43 Å². The molecule has 130 valence electrons. The molecule has 0 radical (unpaired) electrons. The molecule has 0 fully saturated rings. The summed E-state index contributed by atoms with van der Waals surface area (Å²) in [7, 11) is 0. The summed E-state index contributed by atoms with van der Waals surface area (Å²) in [5.41, 5.74) is 4.22. The van der Waals surface area contributed by atoms with Gasteiger partial charge in [-0.1, -0.05) is 30.3 Å². The zero-order valence-electron chi connectivity index (χ0n) is 13.9. The van der Waals surface area contributed by atoms with E-state index in [9.17, 15) is 9.59 Å². The van der Waals surface area contributed by atoms with Crippen LogP contribution in [0, 0.1) is 0 Å². The third-order valence-electron chi connectivity index (χ3n) is 3.40. The zero-order chi connectivity index (χ0) is 18.1. The Morgan fingerprint density at radius 1 is 1.00 bits per heavy atom. The highest BCUT2D eigenvalue weighted by atomic mass is 16.5. The molecule has 6 nitrogen and oxygen atoms in total. The molecule has 2 N–H and O–H groups in total. The Hall–Kier alpha value is -3.15. The first-order chi connectivity index (χ1) is 12.1. The van der Waals surface area contributed by atoms with Gasteiger partial charge >= 0.3 is 5.97 Å². The lowest BCUT2D eigenvalue weighted by Gasteiger charge is -2.07. The second-order valence-electron chi connectivity index (χ2n) is 5.22. The van der Waals surface area contributed by atoms with Gasteiger partial charge in [-0.15, -0.1) is 0 Å². The summed E-state index contributed by atoms with van der Waals surface area (Å²) in [5.74, 6) is -0.595. The normalized spacial score (nSPS) is 11.0. The van der Waals surface area contributed by atoms with E-state index in [1.165, 1.54) is 0 Å². The molecule has 1 amide bonds. The molecule has 0 aromatic heterocycles. The molecule has 2 rings (SSSR count). The largest absolute Gasteiger partial charge is 0.494 e. The van der Waals surface area contributed by atoms with E-state index in [0.29, 0.717) is 23.6 Å². The van der Waals surface area contributed by atoms with E-state index in [0.717, 1.165) is 5.56 Å². The number of carbonyl (C=O) groups is 2. The number of hydrogen-bond acceptors (Lipinski definition) is 4. The zero-order valence-corrected chi connectivity index (χ0v) is 13.9. The molecule has 0 saturated carbocycles. The second kappa shape index (κ2) is 9.22. The summed E-state index contributed by atoms with van der Waals surface area (Å²) in [6.45, 7) is 2.44. The van der Waals surface area contributed by atoms with Crippen LogP contribution in [0.5, 0.6) is 5.75 Å². The average molecular weight is 340 g/mol. The molecule has 0 unspecified atom stereocenters. The number of rotatable bonds is 8. The minimum absolute atomic E-state index is 0.0628. The number of ether oxygens (including phenoxy) is 1. The van der Waals surface area contributed by atoms with Crippen molar-refractivity contribution < 1.29 is 19.4 Å². The Kier molecular flexibility index (Phi) is 6.71. The van der Waals surface area contributed by atoms with E-state index >= 15 is 0 Å². The highest BCUT2D eigenvalue weighted by molar-refractivity contribution is 6.03. The van der Waals surface area contributed by atoms with Crippen molar-refractivity contribution >= 4 is 17.6 Å². The Balaban J connectivity index is 2.10. The van der Waals surface area contributed by atoms with Gasteiger partial charge in [0.2, 0.25) is 0 Å². The Bertz CT molecular complexity index is 740. The average Bonchev–Trinajstić information content (AvgIpc) is 2.63.